The van der Waals surface area contributed by atoms with Crippen LogP contribution in [-0.2, 0) is 16.0 Å². The molecule has 0 atom stereocenters. The number of hydrogen-bond donors (Lipinski definition) is 0. The topological polar surface area (TPSA) is 44.8 Å². The molecule has 0 aliphatic carbocycles. The van der Waals surface area contributed by atoms with E-state index in [1.165, 1.54) is 19.2 Å². The molecule has 0 unspecified atom stereocenters. The van der Waals surface area contributed by atoms with Crippen LogP contribution in [0.5, 0.6) is 11.5 Å². The third-order valence-electron chi connectivity index (χ3n) is 2.11. The molecule has 4 nitrogen and oxygen atoms in total. The molecule has 0 heterocycles. The lowest BCUT2D eigenvalue weighted by molar-refractivity contribution is -0.275. The van der Waals surface area contributed by atoms with E-state index in [4.69, 9.17) is 4.74 Å². The van der Waals surface area contributed by atoms with Crippen molar-refractivity contribution in [2.75, 3.05) is 13.7 Å². The number of carbonyl (C=O) groups is 1. The smallest absolute Gasteiger partial charge is 0.490 e. The highest BCUT2D eigenvalue weighted by Crippen LogP contribution is 2.33. The van der Waals surface area contributed by atoms with E-state index in [2.05, 4.69) is 9.47 Å². The van der Waals surface area contributed by atoms with Gasteiger partial charge in [-0.15, -0.1) is 13.2 Å². The molecule has 0 radical (unpaired) electrons. The van der Waals surface area contributed by atoms with Crippen molar-refractivity contribution < 1.29 is 32.2 Å². The summed E-state index contributed by atoms with van der Waals surface area (Å²) in [7, 11) is 1.23. The summed E-state index contributed by atoms with van der Waals surface area (Å²) in [6, 6.07) is 3.78. The minimum Gasteiger partial charge on any atom is -0.490 e. The Bertz CT molecular complexity index is 443. The maximum absolute atomic E-state index is 12.2. The van der Waals surface area contributed by atoms with Crippen LogP contribution in [0.4, 0.5) is 13.2 Å². The molecule has 0 spiro atoms. The van der Waals surface area contributed by atoms with Crippen LogP contribution in [0.15, 0.2) is 18.2 Å². The summed E-state index contributed by atoms with van der Waals surface area (Å²) in [6.45, 7) is 1.81. The molecule has 0 amide bonds. The van der Waals surface area contributed by atoms with Crippen molar-refractivity contribution in [1.82, 2.24) is 0 Å². The van der Waals surface area contributed by atoms with Gasteiger partial charge in [-0.2, -0.15) is 0 Å². The van der Waals surface area contributed by atoms with Gasteiger partial charge in [-0.3, -0.25) is 4.79 Å². The molecule has 0 saturated carbocycles. The maximum atomic E-state index is 12.2. The Hall–Kier alpha value is -1.92. The quantitative estimate of drug-likeness (QED) is 0.777. The largest absolute Gasteiger partial charge is 0.573 e. The zero-order chi connectivity index (χ0) is 14.5. The van der Waals surface area contributed by atoms with E-state index in [0.717, 1.165) is 6.07 Å². The van der Waals surface area contributed by atoms with Gasteiger partial charge in [0.15, 0.2) is 11.5 Å². The molecule has 1 aromatic rings. The van der Waals surface area contributed by atoms with Crippen LogP contribution in [0.3, 0.4) is 0 Å². The molecule has 0 bridgehead atoms. The first kappa shape index (κ1) is 15.1. The number of hydrogen-bond acceptors (Lipinski definition) is 4. The molecule has 0 aliphatic rings. The zero-order valence-corrected chi connectivity index (χ0v) is 10.4. The molecule has 0 aromatic heterocycles. The van der Waals surface area contributed by atoms with Crippen LogP contribution in [0.25, 0.3) is 0 Å². The average Bonchev–Trinajstić information content (AvgIpc) is 2.31. The van der Waals surface area contributed by atoms with Crippen molar-refractivity contribution >= 4 is 5.97 Å². The molecule has 0 aliphatic heterocycles. The van der Waals surface area contributed by atoms with Gasteiger partial charge in [0, 0.05) is 0 Å². The van der Waals surface area contributed by atoms with Crippen molar-refractivity contribution in [1.29, 1.82) is 0 Å². The molecular weight excluding hydrogens is 265 g/mol. The second kappa shape index (κ2) is 6.31. The monoisotopic (exact) mass is 278 g/mol. The Morgan fingerprint density at radius 2 is 1.95 bits per heavy atom. The molecule has 7 heteroatoms. The van der Waals surface area contributed by atoms with E-state index in [0.29, 0.717) is 5.56 Å². The fourth-order valence-corrected chi connectivity index (χ4v) is 1.38. The van der Waals surface area contributed by atoms with Crippen molar-refractivity contribution in [2.45, 2.75) is 19.7 Å². The Kier molecular flexibility index (Phi) is 5.02. The third-order valence-corrected chi connectivity index (χ3v) is 2.11. The van der Waals surface area contributed by atoms with E-state index in [1.807, 2.05) is 0 Å². The van der Waals surface area contributed by atoms with Gasteiger partial charge in [0.2, 0.25) is 0 Å². The van der Waals surface area contributed by atoms with E-state index < -0.39 is 18.1 Å². The highest BCUT2D eigenvalue weighted by molar-refractivity contribution is 5.72. The SMILES string of the molecule is CCOc1cc(CC(=O)OC)ccc1OC(F)(F)F. The maximum Gasteiger partial charge on any atom is 0.573 e. The lowest BCUT2D eigenvalue weighted by Crippen LogP contribution is -2.18. The number of methoxy groups -OCH3 is 1. The van der Waals surface area contributed by atoms with Crippen LogP contribution in [0, 0.1) is 0 Å². The summed E-state index contributed by atoms with van der Waals surface area (Å²) in [5, 5.41) is 0. The number of halogens is 3. The van der Waals surface area contributed by atoms with Crippen molar-refractivity contribution in [3.05, 3.63) is 23.8 Å². The van der Waals surface area contributed by atoms with Gasteiger partial charge in [0.05, 0.1) is 20.1 Å². The normalized spacial score (nSPS) is 11.0. The summed E-state index contributed by atoms with van der Waals surface area (Å²) in [5.41, 5.74) is 0.477. The average molecular weight is 278 g/mol. The summed E-state index contributed by atoms with van der Waals surface area (Å²) in [4.78, 5) is 11.1. The first-order valence-corrected chi connectivity index (χ1v) is 5.44. The predicted molar refractivity (Wildman–Crippen MR) is 60.0 cm³/mol. The highest BCUT2D eigenvalue weighted by atomic mass is 19.4. The fraction of sp³-hybridized carbons (Fsp3) is 0.417. The third kappa shape index (κ3) is 5.07. The first-order chi connectivity index (χ1) is 8.85. The fourth-order valence-electron chi connectivity index (χ4n) is 1.38. The highest BCUT2D eigenvalue weighted by Gasteiger charge is 2.32. The van der Waals surface area contributed by atoms with Gasteiger partial charge in [0.25, 0.3) is 0 Å². The molecule has 1 rings (SSSR count). The van der Waals surface area contributed by atoms with Gasteiger partial charge in [-0.1, -0.05) is 6.07 Å². The second-order valence-corrected chi connectivity index (χ2v) is 3.51. The summed E-state index contributed by atoms with van der Waals surface area (Å²) < 4.78 is 49.9. The summed E-state index contributed by atoms with van der Waals surface area (Å²) in [6.07, 6.45) is -4.85. The number of benzene rings is 1. The minimum atomic E-state index is -4.80. The summed E-state index contributed by atoms with van der Waals surface area (Å²) >= 11 is 0. The molecular formula is C12H13F3O4. The van der Waals surface area contributed by atoms with E-state index in [-0.39, 0.29) is 18.8 Å². The van der Waals surface area contributed by atoms with Crippen LogP contribution in [0.2, 0.25) is 0 Å². The molecule has 0 saturated heterocycles. The Balaban J connectivity index is 2.97. The number of esters is 1. The second-order valence-electron chi connectivity index (χ2n) is 3.51. The lowest BCUT2D eigenvalue weighted by Gasteiger charge is -2.14. The van der Waals surface area contributed by atoms with Crippen LogP contribution in [0.1, 0.15) is 12.5 Å². The standard InChI is InChI=1S/C12H13F3O4/c1-3-18-10-6-8(7-11(16)17-2)4-5-9(10)19-12(13,14)15/h4-6H,3,7H2,1-2H3. The van der Waals surface area contributed by atoms with E-state index in [9.17, 15) is 18.0 Å². The van der Waals surface area contributed by atoms with Gasteiger partial charge < -0.3 is 14.2 Å². The number of rotatable bonds is 5. The van der Waals surface area contributed by atoms with Crippen LogP contribution in [-0.4, -0.2) is 26.0 Å². The molecule has 19 heavy (non-hydrogen) atoms. The van der Waals surface area contributed by atoms with Crippen LogP contribution < -0.4 is 9.47 Å². The molecule has 0 N–H and O–H groups in total. The Labute approximate surface area is 108 Å². The number of alkyl halides is 3. The lowest BCUT2D eigenvalue weighted by atomic mass is 10.1. The van der Waals surface area contributed by atoms with E-state index in [1.54, 1.807) is 6.92 Å². The predicted octanol–water partition coefficient (Wildman–Crippen LogP) is 2.70. The Morgan fingerprint density at radius 1 is 1.26 bits per heavy atom. The van der Waals surface area contributed by atoms with E-state index >= 15 is 0 Å². The zero-order valence-electron chi connectivity index (χ0n) is 10.4. The molecule has 1 aromatic carbocycles. The van der Waals surface area contributed by atoms with Crippen molar-refractivity contribution in [2.24, 2.45) is 0 Å². The number of carbonyl (C=O) groups excluding carboxylic acids is 1. The van der Waals surface area contributed by atoms with Gasteiger partial charge in [0.1, 0.15) is 0 Å². The van der Waals surface area contributed by atoms with Crippen LogP contribution >= 0.6 is 0 Å². The summed E-state index contributed by atoms with van der Waals surface area (Å²) in [5.74, 6) is -1.00. The van der Waals surface area contributed by atoms with Crippen molar-refractivity contribution in [3.8, 4) is 11.5 Å². The minimum absolute atomic E-state index is 0.0527. The van der Waals surface area contributed by atoms with Crippen molar-refractivity contribution in [3.63, 3.8) is 0 Å². The first-order valence-electron chi connectivity index (χ1n) is 5.44. The molecule has 0 fully saturated rings. The van der Waals surface area contributed by atoms with Gasteiger partial charge >= 0.3 is 12.3 Å². The van der Waals surface area contributed by atoms with Gasteiger partial charge in [-0.05, 0) is 24.6 Å². The van der Waals surface area contributed by atoms with Gasteiger partial charge in [-0.25, -0.2) is 0 Å². The molecule has 106 valence electrons. The number of ether oxygens (including phenoxy) is 3. The Morgan fingerprint density at radius 3 is 2.47 bits per heavy atom.